The van der Waals surface area contributed by atoms with Crippen molar-refractivity contribution in [2.75, 3.05) is 18.4 Å². The number of carbonyl (C=O) groups excluding carboxylic acids is 3. The molecule has 0 bridgehead atoms. The fourth-order valence-corrected chi connectivity index (χ4v) is 1.27. The molecule has 7 nitrogen and oxygen atoms in total. The SMILES string of the molecule is CC(=O)NCCNC(=O)C(=O)Nc1cc(C)ccn1. The Kier molecular flexibility index (Phi) is 5.46. The molecule has 1 aromatic heterocycles. The normalized spacial score (nSPS) is 9.58. The Morgan fingerprint density at radius 1 is 1.16 bits per heavy atom. The molecule has 0 aliphatic heterocycles. The third kappa shape index (κ3) is 5.62. The molecule has 0 aliphatic rings. The van der Waals surface area contributed by atoms with Gasteiger partial charge < -0.3 is 16.0 Å². The summed E-state index contributed by atoms with van der Waals surface area (Å²) in [6.07, 6.45) is 1.54. The molecule has 0 aromatic carbocycles. The van der Waals surface area contributed by atoms with Crippen LogP contribution in [0.3, 0.4) is 0 Å². The summed E-state index contributed by atoms with van der Waals surface area (Å²) in [5.74, 6) is -1.43. The molecule has 7 heteroatoms. The van der Waals surface area contributed by atoms with Gasteiger partial charge in [0.05, 0.1) is 0 Å². The van der Waals surface area contributed by atoms with Crippen molar-refractivity contribution in [1.29, 1.82) is 0 Å². The van der Waals surface area contributed by atoms with Gasteiger partial charge in [-0.3, -0.25) is 14.4 Å². The number of nitrogens with one attached hydrogen (secondary N) is 3. The second-order valence-corrected chi connectivity index (χ2v) is 3.91. The minimum atomic E-state index is -0.791. The molecule has 1 heterocycles. The molecule has 0 fully saturated rings. The zero-order valence-electron chi connectivity index (χ0n) is 10.8. The van der Waals surface area contributed by atoms with Crippen LogP contribution in [0.15, 0.2) is 18.3 Å². The first-order valence-corrected chi connectivity index (χ1v) is 5.75. The van der Waals surface area contributed by atoms with Crippen molar-refractivity contribution in [2.45, 2.75) is 13.8 Å². The van der Waals surface area contributed by atoms with Gasteiger partial charge in [-0.05, 0) is 24.6 Å². The quantitative estimate of drug-likeness (QED) is 0.508. The lowest BCUT2D eigenvalue weighted by Gasteiger charge is -2.06. The van der Waals surface area contributed by atoms with E-state index in [4.69, 9.17) is 0 Å². The van der Waals surface area contributed by atoms with E-state index in [1.165, 1.54) is 6.92 Å². The molecule has 1 rings (SSSR count). The average Bonchev–Trinajstić information content (AvgIpc) is 2.34. The van der Waals surface area contributed by atoms with Gasteiger partial charge in [-0.15, -0.1) is 0 Å². The molecule has 0 aliphatic carbocycles. The van der Waals surface area contributed by atoms with Crippen LogP contribution >= 0.6 is 0 Å². The highest BCUT2D eigenvalue weighted by atomic mass is 16.2. The highest BCUT2D eigenvalue weighted by Crippen LogP contribution is 2.04. The van der Waals surface area contributed by atoms with Crippen molar-refractivity contribution < 1.29 is 14.4 Å². The molecule has 3 amide bonds. The van der Waals surface area contributed by atoms with Gasteiger partial charge in [-0.25, -0.2) is 4.98 Å². The van der Waals surface area contributed by atoms with E-state index in [2.05, 4.69) is 20.9 Å². The van der Waals surface area contributed by atoms with Crippen LogP contribution in [-0.2, 0) is 14.4 Å². The molecular formula is C12H16N4O3. The van der Waals surface area contributed by atoms with Crippen molar-refractivity contribution in [3.63, 3.8) is 0 Å². The molecule has 19 heavy (non-hydrogen) atoms. The zero-order valence-corrected chi connectivity index (χ0v) is 10.8. The number of hydrogen-bond acceptors (Lipinski definition) is 4. The summed E-state index contributed by atoms with van der Waals surface area (Å²) in [4.78, 5) is 37.4. The van der Waals surface area contributed by atoms with E-state index >= 15 is 0 Å². The van der Waals surface area contributed by atoms with E-state index < -0.39 is 11.8 Å². The predicted octanol–water partition coefficient (Wildman–Crippen LogP) is -0.419. The molecule has 102 valence electrons. The van der Waals surface area contributed by atoms with Crippen LogP contribution < -0.4 is 16.0 Å². The number of aromatic nitrogens is 1. The number of aryl methyl sites for hydroxylation is 1. The first-order chi connectivity index (χ1) is 8.99. The summed E-state index contributed by atoms with van der Waals surface area (Å²) in [6, 6.07) is 3.44. The van der Waals surface area contributed by atoms with Gasteiger partial charge in [0.15, 0.2) is 0 Å². The molecule has 1 aromatic rings. The Morgan fingerprint density at radius 3 is 2.47 bits per heavy atom. The van der Waals surface area contributed by atoms with Gasteiger partial charge in [0.25, 0.3) is 0 Å². The second-order valence-electron chi connectivity index (χ2n) is 3.91. The van der Waals surface area contributed by atoms with E-state index in [1.54, 1.807) is 18.3 Å². The maximum Gasteiger partial charge on any atom is 0.314 e. The largest absolute Gasteiger partial charge is 0.355 e. The molecule has 3 N–H and O–H groups in total. The Morgan fingerprint density at radius 2 is 1.84 bits per heavy atom. The van der Waals surface area contributed by atoms with Crippen LogP contribution in [0.5, 0.6) is 0 Å². The highest BCUT2D eigenvalue weighted by Gasteiger charge is 2.13. The van der Waals surface area contributed by atoms with Crippen molar-refractivity contribution in [1.82, 2.24) is 15.6 Å². The van der Waals surface area contributed by atoms with Crippen LogP contribution in [0.25, 0.3) is 0 Å². The van der Waals surface area contributed by atoms with Gasteiger partial charge in [0.2, 0.25) is 5.91 Å². The number of rotatable bonds is 4. The summed E-state index contributed by atoms with van der Waals surface area (Å²) >= 11 is 0. The van der Waals surface area contributed by atoms with Crippen molar-refractivity contribution in [3.8, 4) is 0 Å². The Balaban J connectivity index is 2.36. The lowest BCUT2D eigenvalue weighted by molar-refractivity contribution is -0.136. The minimum absolute atomic E-state index is 0.188. The number of nitrogens with zero attached hydrogens (tertiary/aromatic N) is 1. The summed E-state index contributed by atoms with van der Waals surface area (Å²) in [5.41, 5.74) is 0.927. The van der Waals surface area contributed by atoms with Crippen molar-refractivity contribution in [3.05, 3.63) is 23.9 Å². The van der Waals surface area contributed by atoms with Crippen LogP contribution in [0.1, 0.15) is 12.5 Å². The molecule has 0 atom stereocenters. The maximum atomic E-state index is 11.5. The Labute approximate surface area is 110 Å². The number of anilines is 1. The Bertz CT molecular complexity index is 488. The lowest BCUT2D eigenvalue weighted by atomic mass is 10.3. The summed E-state index contributed by atoms with van der Waals surface area (Å²) in [7, 11) is 0. The average molecular weight is 264 g/mol. The number of amides is 3. The zero-order chi connectivity index (χ0) is 14.3. The van der Waals surface area contributed by atoms with Gasteiger partial charge in [-0.2, -0.15) is 0 Å². The fourth-order valence-electron chi connectivity index (χ4n) is 1.27. The van der Waals surface area contributed by atoms with Crippen molar-refractivity contribution >= 4 is 23.5 Å². The number of hydrogen-bond donors (Lipinski definition) is 3. The number of carbonyl (C=O) groups is 3. The summed E-state index contributed by atoms with van der Waals surface area (Å²) in [6.45, 7) is 3.69. The predicted molar refractivity (Wildman–Crippen MR) is 69.3 cm³/mol. The van der Waals surface area contributed by atoms with Gasteiger partial charge in [-0.1, -0.05) is 0 Å². The first-order valence-electron chi connectivity index (χ1n) is 5.75. The van der Waals surface area contributed by atoms with E-state index in [1.807, 2.05) is 6.92 Å². The molecule has 0 saturated carbocycles. The first kappa shape index (κ1) is 14.6. The molecule has 0 spiro atoms. The smallest absolute Gasteiger partial charge is 0.314 e. The lowest BCUT2D eigenvalue weighted by Crippen LogP contribution is -2.39. The van der Waals surface area contributed by atoms with E-state index in [0.717, 1.165) is 5.56 Å². The van der Waals surface area contributed by atoms with E-state index in [9.17, 15) is 14.4 Å². The standard InChI is InChI=1S/C12H16N4O3/c1-8-3-4-14-10(7-8)16-12(19)11(18)15-6-5-13-9(2)17/h3-4,7H,5-6H2,1-2H3,(H,13,17)(H,15,18)(H,14,16,19). The molecular weight excluding hydrogens is 248 g/mol. The molecule has 0 saturated heterocycles. The third-order valence-corrected chi connectivity index (χ3v) is 2.15. The van der Waals surface area contributed by atoms with E-state index in [0.29, 0.717) is 5.82 Å². The summed E-state index contributed by atoms with van der Waals surface area (Å²) in [5, 5.41) is 7.26. The number of pyridine rings is 1. The Hall–Kier alpha value is -2.44. The van der Waals surface area contributed by atoms with Crippen LogP contribution in [0.4, 0.5) is 5.82 Å². The van der Waals surface area contributed by atoms with Crippen LogP contribution in [-0.4, -0.2) is 35.8 Å². The summed E-state index contributed by atoms with van der Waals surface area (Å²) < 4.78 is 0. The monoisotopic (exact) mass is 264 g/mol. The van der Waals surface area contributed by atoms with Gasteiger partial charge in [0.1, 0.15) is 5.82 Å². The second kappa shape index (κ2) is 7.10. The third-order valence-electron chi connectivity index (χ3n) is 2.15. The molecule has 0 unspecified atom stereocenters. The van der Waals surface area contributed by atoms with Crippen molar-refractivity contribution in [2.24, 2.45) is 0 Å². The fraction of sp³-hybridized carbons (Fsp3) is 0.333. The molecule has 0 radical (unpaired) electrons. The highest BCUT2D eigenvalue weighted by molar-refractivity contribution is 6.39. The van der Waals surface area contributed by atoms with Gasteiger partial charge >= 0.3 is 11.8 Å². The minimum Gasteiger partial charge on any atom is -0.355 e. The van der Waals surface area contributed by atoms with Gasteiger partial charge in [0, 0.05) is 26.2 Å². The van der Waals surface area contributed by atoms with Crippen LogP contribution in [0, 0.1) is 6.92 Å². The van der Waals surface area contributed by atoms with Crippen LogP contribution in [0.2, 0.25) is 0 Å². The van der Waals surface area contributed by atoms with E-state index in [-0.39, 0.29) is 19.0 Å². The maximum absolute atomic E-state index is 11.5. The topological polar surface area (TPSA) is 100 Å².